The SMILES string of the molecule is C=C1CC[C@H]2C(C)(C)CCC[C@]2(C)[C@H]1C/C=C(/C=O)CC(=O)OC. The van der Waals surface area contributed by atoms with E-state index >= 15 is 0 Å². The van der Waals surface area contributed by atoms with Crippen molar-refractivity contribution in [2.75, 3.05) is 7.11 Å². The third-order valence-electron chi connectivity index (χ3n) is 6.66. The van der Waals surface area contributed by atoms with Crippen molar-refractivity contribution in [1.29, 1.82) is 0 Å². The van der Waals surface area contributed by atoms with E-state index in [0.717, 1.165) is 19.1 Å². The molecule has 0 aromatic carbocycles. The van der Waals surface area contributed by atoms with Gasteiger partial charge in [0.05, 0.1) is 13.5 Å². The molecule has 0 bridgehead atoms. The molecule has 0 saturated heterocycles. The first-order chi connectivity index (χ1) is 11.2. The van der Waals surface area contributed by atoms with E-state index in [1.54, 1.807) is 0 Å². The highest BCUT2D eigenvalue weighted by Crippen LogP contribution is 2.61. The molecule has 3 nitrogen and oxygen atoms in total. The molecule has 2 fully saturated rings. The molecule has 2 aliphatic carbocycles. The van der Waals surface area contributed by atoms with Crippen molar-refractivity contribution in [2.45, 2.75) is 65.7 Å². The molecule has 2 saturated carbocycles. The van der Waals surface area contributed by atoms with Gasteiger partial charge in [-0.15, -0.1) is 0 Å². The van der Waals surface area contributed by atoms with Gasteiger partial charge in [0.25, 0.3) is 0 Å². The summed E-state index contributed by atoms with van der Waals surface area (Å²) >= 11 is 0. The summed E-state index contributed by atoms with van der Waals surface area (Å²) in [6.45, 7) is 11.6. The molecule has 0 heterocycles. The maximum absolute atomic E-state index is 11.4. The fourth-order valence-electron chi connectivity index (χ4n) is 5.38. The Hall–Kier alpha value is -1.38. The zero-order valence-corrected chi connectivity index (χ0v) is 15.7. The lowest BCUT2D eigenvalue weighted by Crippen LogP contribution is -2.49. The van der Waals surface area contributed by atoms with Gasteiger partial charge in [0.1, 0.15) is 6.29 Å². The van der Waals surface area contributed by atoms with Crippen molar-refractivity contribution >= 4 is 12.3 Å². The molecule has 0 unspecified atom stereocenters. The third-order valence-corrected chi connectivity index (χ3v) is 6.66. The van der Waals surface area contributed by atoms with Gasteiger partial charge in [0.2, 0.25) is 0 Å². The molecule has 0 aliphatic heterocycles. The predicted octanol–water partition coefficient (Wildman–Crippen LogP) is 4.86. The fourth-order valence-corrected chi connectivity index (χ4v) is 5.38. The zero-order valence-electron chi connectivity index (χ0n) is 15.7. The number of rotatable bonds is 5. The lowest BCUT2D eigenvalue weighted by molar-refractivity contribution is -0.140. The molecule has 0 spiro atoms. The van der Waals surface area contributed by atoms with Crippen molar-refractivity contribution < 1.29 is 14.3 Å². The number of methoxy groups -OCH3 is 1. The van der Waals surface area contributed by atoms with Crippen LogP contribution in [0.25, 0.3) is 0 Å². The van der Waals surface area contributed by atoms with Crippen LogP contribution in [0.1, 0.15) is 65.7 Å². The topological polar surface area (TPSA) is 43.4 Å². The number of hydrogen-bond donors (Lipinski definition) is 0. The van der Waals surface area contributed by atoms with Crippen LogP contribution in [0.4, 0.5) is 0 Å². The molecule has 0 radical (unpaired) electrons. The predicted molar refractivity (Wildman–Crippen MR) is 96.5 cm³/mol. The highest BCUT2D eigenvalue weighted by molar-refractivity contribution is 5.84. The van der Waals surface area contributed by atoms with Gasteiger partial charge >= 0.3 is 5.97 Å². The van der Waals surface area contributed by atoms with Crippen LogP contribution >= 0.6 is 0 Å². The van der Waals surface area contributed by atoms with Crippen LogP contribution in [0.15, 0.2) is 23.8 Å². The van der Waals surface area contributed by atoms with Crippen LogP contribution in [0.3, 0.4) is 0 Å². The number of hydrogen-bond acceptors (Lipinski definition) is 3. The van der Waals surface area contributed by atoms with Crippen LogP contribution in [-0.4, -0.2) is 19.4 Å². The van der Waals surface area contributed by atoms with E-state index in [1.165, 1.54) is 38.4 Å². The first kappa shape index (κ1) is 19.0. The lowest BCUT2D eigenvalue weighted by Gasteiger charge is -2.58. The maximum atomic E-state index is 11.4. The van der Waals surface area contributed by atoms with Gasteiger partial charge in [0.15, 0.2) is 0 Å². The summed E-state index contributed by atoms with van der Waals surface area (Å²) in [5.74, 6) is 0.727. The van der Waals surface area contributed by atoms with E-state index in [-0.39, 0.29) is 17.8 Å². The Labute approximate surface area is 146 Å². The lowest BCUT2D eigenvalue weighted by atomic mass is 9.47. The molecular weight excluding hydrogens is 300 g/mol. The molecule has 134 valence electrons. The summed E-state index contributed by atoms with van der Waals surface area (Å²) in [6.07, 6.45) is 9.67. The zero-order chi connectivity index (χ0) is 18.0. The summed E-state index contributed by atoms with van der Waals surface area (Å²) < 4.78 is 4.67. The van der Waals surface area contributed by atoms with E-state index in [9.17, 15) is 9.59 Å². The summed E-state index contributed by atoms with van der Waals surface area (Å²) in [5, 5.41) is 0. The Kier molecular flexibility index (Phi) is 5.72. The summed E-state index contributed by atoms with van der Waals surface area (Å²) in [7, 11) is 1.35. The number of fused-ring (bicyclic) bond motifs is 1. The van der Waals surface area contributed by atoms with Gasteiger partial charge in [-0.25, -0.2) is 0 Å². The number of aldehydes is 1. The average Bonchev–Trinajstić information content (AvgIpc) is 2.51. The maximum Gasteiger partial charge on any atom is 0.310 e. The van der Waals surface area contributed by atoms with Gasteiger partial charge in [-0.2, -0.15) is 0 Å². The first-order valence-corrected chi connectivity index (χ1v) is 9.13. The largest absolute Gasteiger partial charge is 0.469 e. The van der Waals surface area contributed by atoms with Gasteiger partial charge in [-0.1, -0.05) is 45.4 Å². The second-order valence-electron chi connectivity index (χ2n) is 8.54. The van der Waals surface area contributed by atoms with E-state index in [2.05, 4.69) is 32.1 Å². The summed E-state index contributed by atoms with van der Waals surface area (Å²) in [5.41, 5.74) is 2.45. The van der Waals surface area contributed by atoms with Crippen molar-refractivity contribution in [3.8, 4) is 0 Å². The summed E-state index contributed by atoms with van der Waals surface area (Å²) in [4.78, 5) is 22.7. The Morgan fingerprint density at radius 3 is 2.67 bits per heavy atom. The summed E-state index contributed by atoms with van der Waals surface area (Å²) in [6, 6.07) is 0. The first-order valence-electron chi connectivity index (χ1n) is 9.13. The van der Waals surface area contributed by atoms with Gasteiger partial charge in [-0.05, 0) is 60.3 Å². The molecule has 0 amide bonds. The minimum absolute atomic E-state index is 0.0603. The Bertz CT molecular complexity index is 543. The minimum Gasteiger partial charge on any atom is -0.469 e. The van der Waals surface area contributed by atoms with Crippen LogP contribution in [-0.2, 0) is 14.3 Å². The molecule has 24 heavy (non-hydrogen) atoms. The molecule has 2 rings (SSSR count). The second kappa shape index (κ2) is 7.25. The van der Waals surface area contributed by atoms with E-state index < -0.39 is 0 Å². The average molecular weight is 332 g/mol. The van der Waals surface area contributed by atoms with Gasteiger partial charge < -0.3 is 4.74 Å². The number of esters is 1. The highest BCUT2D eigenvalue weighted by Gasteiger charge is 2.52. The van der Waals surface area contributed by atoms with Crippen molar-refractivity contribution in [3.05, 3.63) is 23.8 Å². The van der Waals surface area contributed by atoms with E-state index in [1.807, 2.05) is 6.08 Å². The van der Waals surface area contributed by atoms with Gasteiger partial charge in [0, 0.05) is 0 Å². The van der Waals surface area contributed by atoms with Crippen molar-refractivity contribution in [1.82, 2.24) is 0 Å². The molecule has 0 N–H and O–H groups in total. The number of carbonyl (C=O) groups excluding carboxylic acids is 2. The molecule has 0 aromatic heterocycles. The number of ether oxygens (including phenoxy) is 1. The van der Waals surface area contributed by atoms with Gasteiger partial charge in [-0.3, -0.25) is 9.59 Å². The number of allylic oxidation sites excluding steroid dienone is 2. The Morgan fingerprint density at radius 2 is 2.04 bits per heavy atom. The minimum atomic E-state index is -0.362. The highest BCUT2D eigenvalue weighted by atomic mass is 16.5. The Balaban J connectivity index is 2.22. The van der Waals surface area contributed by atoms with E-state index in [4.69, 9.17) is 0 Å². The molecule has 2 aliphatic rings. The molecule has 3 heteroatoms. The van der Waals surface area contributed by atoms with Crippen LogP contribution in [0.5, 0.6) is 0 Å². The standard InChI is InChI=1S/C21H32O3/c1-15-7-10-18-20(2,3)11-6-12-21(18,4)17(15)9-8-16(14-22)13-19(23)24-5/h8,14,17-18H,1,6-7,9-13H2,2-5H3/b16-8+/t17-,18-,21+/m0/s1. The monoisotopic (exact) mass is 332 g/mol. The third kappa shape index (κ3) is 3.65. The van der Waals surface area contributed by atoms with Crippen LogP contribution in [0, 0.1) is 22.7 Å². The fraction of sp³-hybridized carbons (Fsp3) is 0.714. The number of carbonyl (C=O) groups is 2. The quantitative estimate of drug-likeness (QED) is 0.312. The van der Waals surface area contributed by atoms with Crippen molar-refractivity contribution in [3.63, 3.8) is 0 Å². The molecular formula is C21H32O3. The normalized spacial score (nSPS) is 32.8. The Morgan fingerprint density at radius 1 is 1.33 bits per heavy atom. The molecule has 3 atom stereocenters. The second-order valence-corrected chi connectivity index (χ2v) is 8.54. The van der Waals surface area contributed by atoms with Crippen LogP contribution < -0.4 is 0 Å². The van der Waals surface area contributed by atoms with E-state index in [0.29, 0.717) is 22.8 Å². The molecule has 0 aromatic rings. The van der Waals surface area contributed by atoms with Crippen molar-refractivity contribution in [2.24, 2.45) is 22.7 Å². The smallest absolute Gasteiger partial charge is 0.310 e. The van der Waals surface area contributed by atoms with Crippen LogP contribution in [0.2, 0.25) is 0 Å².